The zero-order chi connectivity index (χ0) is 17.6. The third-order valence-electron chi connectivity index (χ3n) is 4.34. The minimum absolute atomic E-state index is 0.00941. The van der Waals surface area contributed by atoms with Gasteiger partial charge in [0.2, 0.25) is 0 Å². The number of ether oxygens (including phenoxy) is 1. The van der Waals surface area contributed by atoms with Crippen LogP contribution in [0.25, 0.3) is 0 Å². The molecule has 0 unspecified atom stereocenters. The molecule has 0 saturated carbocycles. The van der Waals surface area contributed by atoms with Crippen molar-refractivity contribution in [3.63, 3.8) is 0 Å². The first-order valence-corrected chi connectivity index (χ1v) is 8.76. The van der Waals surface area contributed by atoms with Crippen molar-refractivity contribution in [2.45, 2.75) is 0 Å². The summed E-state index contributed by atoms with van der Waals surface area (Å²) in [5.74, 6) is 0.827. The van der Waals surface area contributed by atoms with Crippen LogP contribution >= 0.6 is 11.6 Å². The van der Waals surface area contributed by atoms with Crippen molar-refractivity contribution in [1.29, 1.82) is 0 Å². The van der Waals surface area contributed by atoms with Crippen molar-refractivity contribution in [2.24, 2.45) is 0 Å². The number of nitrogens with zero attached hydrogens (tertiary/aromatic N) is 2. The number of amides is 1. The lowest BCUT2D eigenvalue weighted by molar-refractivity contribution is 0.0621. The van der Waals surface area contributed by atoms with E-state index in [0.29, 0.717) is 36.0 Å². The van der Waals surface area contributed by atoms with Crippen molar-refractivity contribution in [3.8, 4) is 5.75 Å². The Morgan fingerprint density at radius 3 is 2.40 bits per heavy atom. The molecule has 0 bridgehead atoms. The van der Waals surface area contributed by atoms with Crippen LogP contribution in [0.1, 0.15) is 10.4 Å². The van der Waals surface area contributed by atoms with E-state index in [0.717, 1.165) is 25.4 Å². The lowest BCUT2D eigenvalue weighted by Crippen LogP contribution is -2.49. The number of carbonyl (C=O) groups excluding carboxylic acids is 1. The Balaban J connectivity index is 1.43. The van der Waals surface area contributed by atoms with Crippen LogP contribution in [-0.2, 0) is 0 Å². The summed E-state index contributed by atoms with van der Waals surface area (Å²) in [5.41, 5.74) is 7.02. The van der Waals surface area contributed by atoms with Crippen molar-refractivity contribution in [3.05, 3.63) is 59.1 Å². The SMILES string of the molecule is Nc1ccccc1C(=O)N1CCN(CCOc2ccc(Cl)cc2)CC1. The molecular formula is C19H22ClN3O2. The fourth-order valence-corrected chi connectivity index (χ4v) is 2.99. The number of rotatable bonds is 5. The first kappa shape index (κ1) is 17.6. The number of anilines is 1. The number of nitrogens with two attached hydrogens (primary N) is 1. The quantitative estimate of drug-likeness (QED) is 0.834. The monoisotopic (exact) mass is 359 g/mol. The molecule has 2 aromatic rings. The van der Waals surface area contributed by atoms with Gasteiger partial charge >= 0.3 is 0 Å². The van der Waals surface area contributed by atoms with E-state index in [1.165, 1.54) is 0 Å². The molecule has 1 aliphatic rings. The lowest BCUT2D eigenvalue weighted by Gasteiger charge is -2.34. The number of hydrogen-bond donors (Lipinski definition) is 1. The van der Waals surface area contributed by atoms with Gasteiger partial charge in [0.1, 0.15) is 12.4 Å². The lowest BCUT2D eigenvalue weighted by atomic mass is 10.1. The molecule has 0 atom stereocenters. The molecule has 1 heterocycles. The van der Waals surface area contributed by atoms with E-state index in [2.05, 4.69) is 4.90 Å². The summed E-state index contributed by atoms with van der Waals surface area (Å²) in [6, 6.07) is 14.6. The van der Waals surface area contributed by atoms with Gasteiger partial charge in [0.15, 0.2) is 0 Å². The van der Waals surface area contributed by atoms with Gasteiger partial charge in [-0.05, 0) is 36.4 Å². The minimum atomic E-state index is 0.00941. The smallest absolute Gasteiger partial charge is 0.256 e. The van der Waals surface area contributed by atoms with E-state index in [1.54, 1.807) is 12.1 Å². The second-order valence-electron chi connectivity index (χ2n) is 6.02. The van der Waals surface area contributed by atoms with Gasteiger partial charge in [-0.2, -0.15) is 0 Å². The maximum Gasteiger partial charge on any atom is 0.256 e. The van der Waals surface area contributed by atoms with Gasteiger partial charge in [0.05, 0.1) is 5.56 Å². The van der Waals surface area contributed by atoms with Gasteiger partial charge in [-0.15, -0.1) is 0 Å². The van der Waals surface area contributed by atoms with Crippen LogP contribution in [0.4, 0.5) is 5.69 Å². The maximum absolute atomic E-state index is 12.5. The predicted octanol–water partition coefficient (Wildman–Crippen LogP) is 2.76. The molecule has 1 aliphatic heterocycles. The molecule has 6 heteroatoms. The van der Waals surface area contributed by atoms with Gasteiger partial charge in [-0.1, -0.05) is 23.7 Å². The van der Waals surface area contributed by atoms with Crippen LogP contribution in [0.3, 0.4) is 0 Å². The van der Waals surface area contributed by atoms with Crippen LogP contribution in [0, 0.1) is 0 Å². The average molecular weight is 360 g/mol. The summed E-state index contributed by atoms with van der Waals surface area (Å²) in [5, 5.41) is 0.701. The number of nitrogen functional groups attached to an aromatic ring is 1. The topological polar surface area (TPSA) is 58.8 Å². The van der Waals surface area contributed by atoms with Crippen molar-refractivity contribution in [2.75, 3.05) is 45.1 Å². The highest BCUT2D eigenvalue weighted by atomic mass is 35.5. The number of piperazine rings is 1. The Morgan fingerprint density at radius 1 is 1.04 bits per heavy atom. The summed E-state index contributed by atoms with van der Waals surface area (Å²) >= 11 is 5.86. The number of para-hydroxylation sites is 1. The highest BCUT2D eigenvalue weighted by Gasteiger charge is 2.23. The highest BCUT2D eigenvalue weighted by molar-refractivity contribution is 6.30. The summed E-state index contributed by atoms with van der Waals surface area (Å²) < 4.78 is 5.73. The molecule has 3 rings (SSSR count). The Morgan fingerprint density at radius 2 is 1.72 bits per heavy atom. The molecule has 25 heavy (non-hydrogen) atoms. The summed E-state index contributed by atoms with van der Waals surface area (Å²) in [6.07, 6.45) is 0. The molecule has 2 aromatic carbocycles. The van der Waals surface area contributed by atoms with Crippen molar-refractivity contribution >= 4 is 23.2 Å². The molecule has 0 aliphatic carbocycles. The minimum Gasteiger partial charge on any atom is -0.492 e. The van der Waals surface area contributed by atoms with Gasteiger partial charge in [0.25, 0.3) is 5.91 Å². The van der Waals surface area contributed by atoms with Gasteiger partial charge in [-0.3, -0.25) is 9.69 Å². The molecule has 132 valence electrons. The fourth-order valence-electron chi connectivity index (χ4n) is 2.86. The normalized spacial score (nSPS) is 15.2. The van der Waals surface area contributed by atoms with Crippen LogP contribution in [0.5, 0.6) is 5.75 Å². The largest absolute Gasteiger partial charge is 0.492 e. The van der Waals surface area contributed by atoms with Crippen LogP contribution in [0.2, 0.25) is 5.02 Å². The van der Waals surface area contributed by atoms with E-state index in [4.69, 9.17) is 22.1 Å². The first-order valence-electron chi connectivity index (χ1n) is 8.38. The van der Waals surface area contributed by atoms with E-state index in [-0.39, 0.29) is 5.91 Å². The Labute approximate surface area is 152 Å². The maximum atomic E-state index is 12.5. The molecule has 2 N–H and O–H groups in total. The third-order valence-corrected chi connectivity index (χ3v) is 4.59. The number of benzene rings is 2. The zero-order valence-electron chi connectivity index (χ0n) is 14.0. The predicted molar refractivity (Wildman–Crippen MR) is 100 cm³/mol. The van der Waals surface area contributed by atoms with E-state index >= 15 is 0 Å². The summed E-state index contributed by atoms with van der Waals surface area (Å²) in [6.45, 7) is 4.52. The Hall–Kier alpha value is -2.24. The first-order chi connectivity index (χ1) is 12.1. The van der Waals surface area contributed by atoms with Crippen molar-refractivity contribution < 1.29 is 9.53 Å². The number of halogens is 1. The molecule has 5 nitrogen and oxygen atoms in total. The molecule has 1 fully saturated rings. The third kappa shape index (κ3) is 4.65. The molecule has 0 spiro atoms. The molecule has 1 saturated heterocycles. The number of hydrogen-bond acceptors (Lipinski definition) is 4. The van der Waals surface area contributed by atoms with Gasteiger partial charge in [-0.25, -0.2) is 0 Å². The summed E-state index contributed by atoms with van der Waals surface area (Å²) in [7, 11) is 0. The molecule has 0 aromatic heterocycles. The van der Waals surface area contributed by atoms with E-state index in [9.17, 15) is 4.79 Å². The molecule has 0 radical (unpaired) electrons. The highest BCUT2D eigenvalue weighted by Crippen LogP contribution is 2.16. The second kappa shape index (κ2) is 8.23. The fraction of sp³-hybridized carbons (Fsp3) is 0.316. The molecule has 1 amide bonds. The summed E-state index contributed by atoms with van der Waals surface area (Å²) in [4.78, 5) is 16.7. The Kier molecular flexibility index (Phi) is 5.79. The standard InChI is InChI=1S/C19H22ClN3O2/c20-15-5-7-16(8-6-15)25-14-13-22-9-11-23(12-10-22)19(24)17-3-1-2-4-18(17)21/h1-8H,9-14,21H2. The zero-order valence-corrected chi connectivity index (χ0v) is 14.8. The average Bonchev–Trinajstić information content (AvgIpc) is 2.64. The van der Waals surface area contributed by atoms with Crippen LogP contribution < -0.4 is 10.5 Å². The van der Waals surface area contributed by atoms with Gasteiger partial charge in [0, 0.05) is 43.4 Å². The number of carbonyl (C=O) groups is 1. The molecular weight excluding hydrogens is 338 g/mol. The Bertz CT molecular complexity index is 713. The van der Waals surface area contributed by atoms with Crippen molar-refractivity contribution in [1.82, 2.24) is 9.80 Å². The van der Waals surface area contributed by atoms with E-state index < -0.39 is 0 Å². The second-order valence-corrected chi connectivity index (χ2v) is 6.46. The van der Waals surface area contributed by atoms with Gasteiger partial charge < -0.3 is 15.4 Å². The van der Waals surface area contributed by atoms with E-state index in [1.807, 2.05) is 41.3 Å². The van der Waals surface area contributed by atoms with Crippen LogP contribution in [-0.4, -0.2) is 55.0 Å². The van der Waals surface area contributed by atoms with Crippen LogP contribution in [0.15, 0.2) is 48.5 Å².